The lowest BCUT2D eigenvalue weighted by atomic mass is 9.97. The van der Waals surface area contributed by atoms with Gasteiger partial charge in [0.1, 0.15) is 0 Å². The minimum absolute atomic E-state index is 0.0103. The average molecular weight is 309 g/mol. The largest absolute Gasteiger partial charge is 0.369 e. The number of nitrogens with zero attached hydrogens (tertiary/aromatic N) is 1. The van der Waals surface area contributed by atoms with Crippen LogP contribution in [0.25, 0.3) is 0 Å². The molecule has 6 heteroatoms. The maximum atomic E-state index is 11.9. The van der Waals surface area contributed by atoms with Crippen molar-refractivity contribution in [2.75, 3.05) is 26.2 Å². The number of piperidine rings is 1. The summed E-state index contributed by atoms with van der Waals surface area (Å²) in [5, 5.41) is 4.89. The molecule has 5 nitrogen and oxygen atoms in total. The first-order valence-corrected chi connectivity index (χ1v) is 8.30. The van der Waals surface area contributed by atoms with E-state index in [9.17, 15) is 9.59 Å². The minimum Gasteiger partial charge on any atom is -0.369 e. The molecule has 21 heavy (non-hydrogen) atoms. The molecule has 0 saturated carbocycles. The van der Waals surface area contributed by atoms with Crippen molar-refractivity contribution in [2.45, 2.75) is 26.2 Å². The zero-order chi connectivity index (χ0) is 15.2. The number of primary amides is 1. The standard InChI is InChI=1S/C15H23N3O2S/c1-11-5-9-21-13(11)15(20)17-6-3-8-18-7-2-4-12(10-18)14(16)19/h5,9,12H,2-4,6-8,10H2,1H3,(H2,16,19)(H,17,20)/t12-/m1/s1. The number of aryl methyl sites for hydroxylation is 1. The molecular formula is C15H23N3O2S. The molecule has 3 N–H and O–H groups in total. The Hall–Kier alpha value is -1.40. The predicted octanol–water partition coefficient (Wildman–Crippen LogP) is 1.37. The molecule has 0 unspecified atom stereocenters. The van der Waals surface area contributed by atoms with E-state index in [1.807, 2.05) is 18.4 Å². The van der Waals surface area contributed by atoms with Crippen molar-refractivity contribution in [3.63, 3.8) is 0 Å². The quantitative estimate of drug-likeness (QED) is 0.779. The smallest absolute Gasteiger partial charge is 0.261 e. The highest BCUT2D eigenvalue weighted by Crippen LogP contribution is 2.16. The summed E-state index contributed by atoms with van der Waals surface area (Å²) < 4.78 is 0. The Morgan fingerprint density at radius 2 is 2.33 bits per heavy atom. The molecule has 1 aromatic heterocycles. The Morgan fingerprint density at radius 1 is 1.52 bits per heavy atom. The van der Waals surface area contributed by atoms with Crippen LogP contribution in [0.5, 0.6) is 0 Å². The second kappa shape index (κ2) is 7.56. The van der Waals surface area contributed by atoms with Crippen LogP contribution in [0.15, 0.2) is 11.4 Å². The number of carbonyl (C=O) groups excluding carboxylic acids is 2. The Labute approximate surface area is 129 Å². The van der Waals surface area contributed by atoms with Crippen molar-refractivity contribution in [2.24, 2.45) is 11.7 Å². The Morgan fingerprint density at radius 3 is 3.00 bits per heavy atom. The van der Waals surface area contributed by atoms with Gasteiger partial charge in [0, 0.05) is 13.1 Å². The van der Waals surface area contributed by atoms with Gasteiger partial charge in [0.2, 0.25) is 5.91 Å². The molecule has 0 aromatic carbocycles. The van der Waals surface area contributed by atoms with Crippen molar-refractivity contribution in [3.05, 3.63) is 21.9 Å². The van der Waals surface area contributed by atoms with Gasteiger partial charge in [0.15, 0.2) is 0 Å². The molecule has 1 atom stereocenters. The fourth-order valence-corrected chi connectivity index (χ4v) is 3.52. The van der Waals surface area contributed by atoms with E-state index in [4.69, 9.17) is 5.73 Å². The summed E-state index contributed by atoms with van der Waals surface area (Å²) in [5.74, 6) is -0.195. The lowest BCUT2D eigenvalue weighted by molar-refractivity contribution is -0.123. The summed E-state index contributed by atoms with van der Waals surface area (Å²) in [7, 11) is 0. The van der Waals surface area contributed by atoms with Crippen LogP contribution in [0, 0.1) is 12.8 Å². The fraction of sp³-hybridized carbons (Fsp3) is 0.600. The van der Waals surface area contributed by atoms with E-state index in [2.05, 4.69) is 10.2 Å². The monoisotopic (exact) mass is 309 g/mol. The summed E-state index contributed by atoms with van der Waals surface area (Å²) in [6.45, 7) is 5.28. The number of amides is 2. The van der Waals surface area contributed by atoms with E-state index in [0.717, 1.165) is 49.3 Å². The molecule has 2 rings (SSSR count). The lowest BCUT2D eigenvalue weighted by Crippen LogP contribution is -2.42. The molecule has 0 radical (unpaired) electrons. The van der Waals surface area contributed by atoms with E-state index in [-0.39, 0.29) is 17.7 Å². The number of rotatable bonds is 6. The van der Waals surface area contributed by atoms with Gasteiger partial charge in [-0.05, 0) is 56.3 Å². The molecule has 0 aliphatic carbocycles. The third-order valence-corrected chi connectivity index (χ3v) is 4.93. The van der Waals surface area contributed by atoms with Gasteiger partial charge in [0.25, 0.3) is 5.91 Å². The van der Waals surface area contributed by atoms with Crippen molar-refractivity contribution < 1.29 is 9.59 Å². The third kappa shape index (κ3) is 4.54. The van der Waals surface area contributed by atoms with Crippen LogP contribution in [0.1, 0.15) is 34.5 Å². The molecule has 0 spiro atoms. The Bertz CT molecular complexity index is 501. The molecule has 1 aliphatic heterocycles. The van der Waals surface area contributed by atoms with Gasteiger partial charge in [-0.25, -0.2) is 0 Å². The number of hydrogen-bond donors (Lipinski definition) is 2. The Balaban J connectivity index is 1.67. The van der Waals surface area contributed by atoms with Gasteiger partial charge in [-0.3, -0.25) is 9.59 Å². The van der Waals surface area contributed by atoms with Crippen molar-refractivity contribution in [1.82, 2.24) is 10.2 Å². The second-order valence-corrected chi connectivity index (χ2v) is 6.50. The zero-order valence-electron chi connectivity index (χ0n) is 12.4. The highest BCUT2D eigenvalue weighted by molar-refractivity contribution is 7.12. The first kappa shape index (κ1) is 16.0. The van der Waals surface area contributed by atoms with Crippen LogP contribution < -0.4 is 11.1 Å². The van der Waals surface area contributed by atoms with Crippen LogP contribution in [0.4, 0.5) is 0 Å². The highest BCUT2D eigenvalue weighted by Gasteiger charge is 2.23. The number of nitrogens with one attached hydrogen (secondary N) is 1. The SMILES string of the molecule is Cc1ccsc1C(=O)NCCCN1CCC[C@@H](C(N)=O)C1. The number of hydrogen-bond acceptors (Lipinski definition) is 4. The summed E-state index contributed by atoms with van der Waals surface area (Å²) in [5.41, 5.74) is 6.40. The van der Waals surface area contributed by atoms with Gasteiger partial charge in [-0.1, -0.05) is 0 Å². The van der Waals surface area contributed by atoms with Crippen LogP contribution in [-0.4, -0.2) is 42.9 Å². The second-order valence-electron chi connectivity index (χ2n) is 5.58. The zero-order valence-corrected chi connectivity index (χ0v) is 13.2. The van der Waals surface area contributed by atoms with E-state index >= 15 is 0 Å². The van der Waals surface area contributed by atoms with Crippen molar-refractivity contribution >= 4 is 23.2 Å². The molecule has 1 aromatic rings. The summed E-state index contributed by atoms with van der Waals surface area (Å²) in [6, 6.07) is 1.96. The molecule has 1 aliphatic rings. The normalized spacial score (nSPS) is 19.4. The molecule has 1 fully saturated rings. The van der Waals surface area contributed by atoms with Gasteiger partial charge < -0.3 is 16.0 Å². The van der Waals surface area contributed by atoms with Gasteiger partial charge in [-0.15, -0.1) is 11.3 Å². The number of carbonyl (C=O) groups is 2. The first-order chi connectivity index (χ1) is 10.1. The minimum atomic E-state index is -0.193. The number of likely N-dealkylation sites (tertiary alicyclic amines) is 1. The topological polar surface area (TPSA) is 75.4 Å². The van der Waals surface area contributed by atoms with E-state index in [1.54, 1.807) is 0 Å². The fourth-order valence-electron chi connectivity index (χ4n) is 2.68. The van der Waals surface area contributed by atoms with Crippen LogP contribution >= 0.6 is 11.3 Å². The van der Waals surface area contributed by atoms with Crippen LogP contribution in [-0.2, 0) is 4.79 Å². The maximum absolute atomic E-state index is 11.9. The van der Waals surface area contributed by atoms with Gasteiger partial charge >= 0.3 is 0 Å². The summed E-state index contributed by atoms with van der Waals surface area (Å²) >= 11 is 1.47. The predicted molar refractivity (Wildman–Crippen MR) is 84.4 cm³/mol. The molecule has 2 heterocycles. The van der Waals surface area contributed by atoms with Gasteiger partial charge in [0.05, 0.1) is 10.8 Å². The average Bonchev–Trinajstić information content (AvgIpc) is 2.90. The molecule has 1 saturated heterocycles. The lowest BCUT2D eigenvalue weighted by Gasteiger charge is -2.31. The van der Waals surface area contributed by atoms with Crippen molar-refractivity contribution in [3.8, 4) is 0 Å². The molecule has 2 amide bonds. The molecular weight excluding hydrogens is 286 g/mol. The third-order valence-electron chi connectivity index (χ3n) is 3.91. The number of thiophene rings is 1. The van der Waals surface area contributed by atoms with E-state index < -0.39 is 0 Å². The van der Waals surface area contributed by atoms with Crippen LogP contribution in [0.3, 0.4) is 0 Å². The maximum Gasteiger partial charge on any atom is 0.261 e. The van der Waals surface area contributed by atoms with E-state index in [1.165, 1.54) is 11.3 Å². The van der Waals surface area contributed by atoms with E-state index in [0.29, 0.717) is 6.54 Å². The van der Waals surface area contributed by atoms with Crippen molar-refractivity contribution in [1.29, 1.82) is 0 Å². The summed E-state index contributed by atoms with van der Waals surface area (Å²) in [4.78, 5) is 26.2. The number of nitrogens with two attached hydrogens (primary N) is 1. The van der Waals surface area contributed by atoms with Gasteiger partial charge in [-0.2, -0.15) is 0 Å². The Kier molecular flexibility index (Phi) is 5.76. The molecule has 0 bridgehead atoms. The van der Waals surface area contributed by atoms with Crippen LogP contribution in [0.2, 0.25) is 0 Å². The first-order valence-electron chi connectivity index (χ1n) is 7.42. The summed E-state index contributed by atoms with van der Waals surface area (Å²) in [6.07, 6.45) is 2.82. The molecule has 116 valence electrons. The highest BCUT2D eigenvalue weighted by atomic mass is 32.1.